The molecule has 0 aliphatic carbocycles. The molecule has 0 N–H and O–H groups in total. The van der Waals surface area contributed by atoms with Crippen LogP contribution in [0.4, 0.5) is 0 Å². The van der Waals surface area contributed by atoms with Gasteiger partial charge in [0, 0.05) is 48.9 Å². The number of aryl methyl sites for hydroxylation is 1. The molecule has 0 spiro atoms. The molecule has 0 unspecified atom stereocenters. The fourth-order valence-electron chi connectivity index (χ4n) is 3.93. The summed E-state index contributed by atoms with van der Waals surface area (Å²) in [6.45, 7) is 4.55. The van der Waals surface area contributed by atoms with Crippen LogP contribution in [0.2, 0.25) is 0 Å². The highest BCUT2D eigenvalue weighted by atomic mass is 32.2. The Morgan fingerprint density at radius 3 is 2.66 bits per heavy atom. The zero-order valence-electron chi connectivity index (χ0n) is 16.4. The summed E-state index contributed by atoms with van der Waals surface area (Å²) in [7, 11) is -2.89. The lowest BCUT2D eigenvalue weighted by Gasteiger charge is -2.37. The minimum atomic E-state index is -2.89. The minimum absolute atomic E-state index is 0.0307. The lowest BCUT2D eigenvalue weighted by Crippen LogP contribution is -2.52. The van der Waals surface area contributed by atoms with Crippen molar-refractivity contribution in [3.63, 3.8) is 0 Å². The van der Waals surface area contributed by atoms with Gasteiger partial charge in [-0.25, -0.2) is 8.42 Å². The van der Waals surface area contributed by atoms with Crippen LogP contribution in [0.25, 0.3) is 0 Å². The molecule has 3 heterocycles. The van der Waals surface area contributed by atoms with E-state index in [1.54, 1.807) is 11.8 Å². The van der Waals surface area contributed by atoms with Gasteiger partial charge in [0.2, 0.25) is 0 Å². The summed E-state index contributed by atoms with van der Waals surface area (Å²) < 4.78 is 28.6. The molecule has 0 bridgehead atoms. The normalized spacial score (nSPS) is 22.1. The first-order valence-electron chi connectivity index (χ1n) is 9.79. The van der Waals surface area contributed by atoms with Crippen molar-refractivity contribution in [3.8, 4) is 0 Å². The molecule has 7 nitrogen and oxygen atoms in total. The predicted octanol–water partition coefficient (Wildman–Crippen LogP) is 2.22. The van der Waals surface area contributed by atoms with Crippen LogP contribution in [-0.2, 0) is 15.6 Å². The maximum Gasteiger partial charge on any atom is 0.255 e. The Hall–Kier alpha value is -1.84. The van der Waals surface area contributed by atoms with Crippen LogP contribution in [0.1, 0.15) is 28.2 Å². The molecule has 4 rings (SSSR count). The number of aromatic nitrogens is 1. The van der Waals surface area contributed by atoms with E-state index < -0.39 is 9.84 Å². The fourth-order valence-corrected chi connectivity index (χ4v) is 6.62. The summed E-state index contributed by atoms with van der Waals surface area (Å²) in [6, 6.07) is 9.66. The van der Waals surface area contributed by atoms with Gasteiger partial charge in [-0.1, -0.05) is 17.3 Å². The number of amides is 1. The van der Waals surface area contributed by atoms with E-state index >= 15 is 0 Å². The van der Waals surface area contributed by atoms with Crippen molar-refractivity contribution in [2.24, 2.45) is 0 Å². The number of piperazine rings is 1. The Kier molecular flexibility index (Phi) is 5.98. The molecule has 1 aromatic heterocycles. The molecule has 2 aliphatic rings. The van der Waals surface area contributed by atoms with Crippen LogP contribution in [-0.4, -0.2) is 73.0 Å². The molecule has 2 aliphatic heterocycles. The Labute approximate surface area is 175 Å². The molecule has 0 radical (unpaired) electrons. The first kappa shape index (κ1) is 20.4. The molecular weight excluding hydrogens is 410 g/mol. The van der Waals surface area contributed by atoms with Crippen molar-refractivity contribution < 1.29 is 17.7 Å². The zero-order valence-corrected chi connectivity index (χ0v) is 18.0. The number of nitrogens with zero attached hydrogens (tertiary/aromatic N) is 3. The van der Waals surface area contributed by atoms with Crippen molar-refractivity contribution in [1.29, 1.82) is 0 Å². The van der Waals surface area contributed by atoms with Crippen LogP contribution in [0.15, 0.2) is 39.8 Å². The Bertz CT molecular complexity index is 981. The molecule has 1 aromatic carbocycles. The first-order valence-corrected chi connectivity index (χ1v) is 12.6. The molecule has 156 valence electrons. The summed E-state index contributed by atoms with van der Waals surface area (Å²) >= 11 is 1.58. The van der Waals surface area contributed by atoms with E-state index in [9.17, 15) is 13.2 Å². The van der Waals surface area contributed by atoms with Crippen LogP contribution in [0.5, 0.6) is 0 Å². The molecule has 29 heavy (non-hydrogen) atoms. The summed E-state index contributed by atoms with van der Waals surface area (Å²) in [5.74, 6) is 1.99. The van der Waals surface area contributed by atoms with Crippen molar-refractivity contribution in [3.05, 3.63) is 47.3 Å². The highest BCUT2D eigenvalue weighted by Crippen LogP contribution is 2.28. The van der Waals surface area contributed by atoms with E-state index in [1.807, 2.05) is 42.2 Å². The van der Waals surface area contributed by atoms with Crippen LogP contribution in [0, 0.1) is 6.92 Å². The predicted molar refractivity (Wildman–Crippen MR) is 112 cm³/mol. The van der Waals surface area contributed by atoms with Crippen LogP contribution < -0.4 is 0 Å². The first-order chi connectivity index (χ1) is 13.9. The highest BCUT2D eigenvalue weighted by Gasteiger charge is 2.34. The molecule has 0 saturated carbocycles. The number of rotatable bonds is 5. The lowest BCUT2D eigenvalue weighted by atomic mass is 10.1. The quantitative estimate of drug-likeness (QED) is 0.666. The minimum Gasteiger partial charge on any atom is -0.361 e. The fraction of sp³-hybridized carbons (Fsp3) is 0.500. The highest BCUT2D eigenvalue weighted by molar-refractivity contribution is 7.98. The van der Waals surface area contributed by atoms with Gasteiger partial charge in [-0.2, -0.15) is 0 Å². The second-order valence-electron chi connectivity index (χ2n) is 7.60. The van der Waals surface area contributed by atoms with E-state index in [0.717, 1.165) is 29.4 Å². The van der Waals surface area contributed by atoms with E-state index in [1.165, 1.54) is 0 Å². The summed E-state index contributed by atoms with van der Waals surface area (Å²) in [5, 5.41) is 4.01. The molecule has 2 aromatic rings. The third-order valence-electron chi connectivity index (χ3n) is 5.50. The summed E-state index contributed by atoms with van der Waals surface area (Å²) in [6.07, 6.45) is 0.706. The third-order valence-corrected chi connectivity index (χ3v) is 8.35. The molecule has 1 atom stereocenters. The standard InChI is InChI=1S/C20H25N3O4S2/c1-15-12-16(21-27-15)13-28-19-5-3-2-4-18(19)20(24)23-9-7-22(8-10-23)17-6-11-29(25,26)14-17/h2-5,12,17H,6-11,13-14H2,1H3/t17-/m1/s1. The van der Waals surface area contributed by atoms with Gasteiger partial charge in [-0.05, 0) is 25.5 Å². The van der Waals surface area contributed by atoms with Gasteiger partial charge in [0.25, 0.3) is 5.91 Å². The maximum atomic E-state index is 13.1. The summed E-state index contributed by atoms with van der Waals surface area (Å²) in [5.41, 5.74) is 1.56. The van der Waals surface area contributed by atoms with Gasteiger partial charge in [-0.15, -0.1) is 11.8 Å². The number of carbonyl (C=O) groups is 1. The SMILES string of the molecule is Cc1cc(CSc2ccccc2C(=O)N2CCN([C@@H]3CCS(=O)(=O)C3)CC2)no1. The van der Waals surface area contributed by atoms with E-state index in [4.69, 9.17) is 4.52 Å². The van der Waals surface area contributed by atoms with Crippen molar-refractivity contribution in [2.75, 3.05) is 37.7 Å². The van der Waals surface area contributed by atoms with Gasteiger partial charge >= 0.3 is 0 Å². The van der Waals surface area contributed by atoms with Crippen LogP contribution in [0.3, 0.4) is 0 Å². The van der Waals surface area contributed by atoms with E-state index in [0.29, 0.717) is 30.8 Å². The second-order valence-corrected chi connectivity index (χ2v) is 10.8. The second kappa shape index (κ2) is 8.49. The molecule has 1 amide bonds. The third kappa shape index (κ3) is 4.84. The smallest absolute Gasteiger partial charge is 0.255 e. The van der Waals surface area contributed by atoms with Gasteiger partial charge < -0.3 is 9.42 Å². The molecule has 2 saturated heterocycles. The van der Waals surface area contributed by atoms with Gasteiger partial charge in [0.1, 0.15) is 5.76 Å². The average Bonchev–Trinajstić information content (AvgIpc) is 3.31. The van der Waals surface area contributed by atoms with Gasteiger partial charge in [0.15, 0.2) is 9.84 Å². The Morgan fingerprint density at radius 2 is 2.00 bits per heavy atom. The van der Waals surface area contributed by atoms with Gasteiger partial charge in [-0.3, -0.25) is 9.69 Å². The number of hydrogen-bond acceptors (Lipinski definition) is 7. The molecule has 9 heteroatoms. The van der Waals surface area contributed by atoms with Crippen molar-refractivity contribution in [2.45, 2.75) is 30.0 Å². The number of benzene rings is 1. The zero-order chi connectivity index (χ0) is 20.4. The average molecular weight is 436 g/mol. The number of thioether (sulfide) groups is 1. The van der Waals surface area contributed by atoms with Crippen molar-refractivity contribution in [1.82, 2.24) is 15.0 Å². The van der Waals surface area contributed by atoms with Crippen LogP contribution >= 0.6 is 11.8 Å². The van der Waals surface area contributed by atoms with Gasteiger partial charge in [0.05, 0.1) is 22.8 Å². The van der Waals surface area contributed by atoms with E-state index in [-0.39, 0.29) is 23.5 Å². The lowest BCUT2D eigenvalue weighted by molar-refractivity contribution is 0.0584. The molecule has 2 fully saturated rings. The van der Waals surface area contributed by atoms with Crippen molar-refractivity contribution >= 4 is 27.5 Å². The molecular formula is C20H25N3O4S2. The maximum absolute atomic E-state index is 13.1. The number of hydrogen-bond donors (Lipinski definition) is 0. The van der Waals surface area contributed by atoms with E-state index in [2.05, 4.69) is 10.1 Å². The number of carbonyl (C=O) groups excluding carboxylic acids is 1. The Balaban J connectivity index is 1.37. The summed E-state index contributed by atoms with van der Waals surface area (Å²) in [4.78, 5) is 18.2. The topological polar surface area (TPSA) is 83.7 Å². The Morgan fingerprint density at radius 1 is 1.24 bits per heavy atom. The number of sulfone groups is 1. The monoisotopic (exact) mass is 435 g/mol. The largest absolute Gasteiger partial charge is 0.361 e.